The summed E-state index contributed by atoms with van der Waals surface area (Å²) in [6.45, 7) is 2.13. The molecule has 3 aromatic rings. The standard InChI is InChI=1S/C16H13F3N4O3/c1-8-13(14(24)25)10-6-9(2-3-11(10)26-8)22-4-5-23-12(7-22)20-21-15(23)16(17,18)19/h2-3,6H,4-5,7H2,1H3,(H,24,25). The van der Waals surface area contributed by atoms with Gasteiger partial charge < -0.3 is 19.0 Å². The van der Waals surface area contributed by atoms with Crippen LogP contribution >= 0.6 is 0 Å². The number of carboxylic acid groups (broad SMARTS) is 1. The van der Waals surface area contributed by atoms with E-state index in [2.05, 4.69) is 10.2 Å². The van der Waals surface area contributed by atoms with Gasteiger partial charge in [-0.3, -0.25) is 0 Å². The number of alkyl halides is 3. The average Bonchev–Trinajstić information content (AvgIpc) is 3.12. The number of aromatic carboxylic acids is 1. The fourth-order valence-corrected chi connectivity index (χ4v) is 3.26. The number of rotatable bonds is 2. The molecular weight excluding hydrogens is 353 g/mol. The zero-order chi connectivity index (χ0) is 18.6. The van der Waals surface area contributed by atoms with Crippen molar-refractivity contribution in [2.24, 2.45) is 0 Å². The van der Waals surface area contributed by atoms with Crippen LogP contribution in [0.25, 0.3) is 11.0 Å². The van der Waals surface area contributed by atoms with Crippen molar-refractivity contribution in [3.63, 3.8) is 0 Å². The molecule has 3 heterocycles. The van der Waals surface area contributed by atoms with Crippen molar-refractivity contribution in [2.45, 2.75) is 26.2 Å². The maximum absolute atomic E-state index is 12.9. The minimum Gasteiger partial charge on any atom is -0.478 e. The van der Waals surface area contributed by atoms with E-state index in [0.717, 1.165) is 4.57 Å². The lowest BCUT2D eigenvalue weighted by Crippen LogP contribution is -2.35. The minimum atomic E-state index is -4.54. The molecule has 1 N–H and O–H groups in total. The van der Waals surface area contributed by atoms with E-state index >= 15 is 0 Å². The van der Waals surface area contributed by atoms with Crippen molar-refractivity contribution >= 4 is 22.6 Å². The number of aryl methyl sites for hydroxylation is 1. The van der Waals surface area contributed by atoms with Crippen molar-refractivity contribution < 1.29 is 27.5 Å². The summed E-state index contributed by atoms with van der Waals surface area (Å²) in [6.07, 6.45) is -4.54. The molecule has 0 aliphatic carbocycles. The second-order valence-electron chi connectivity index (χ2n) is 6.03. The molecule has 7 nitrogen and oxygen atoms in total. The first kappa shape index (κ1) is 16.4. The van der Waals surface area contributed by atoms with E-state index in [1.807, 2.05) is 4.90 Å². The van der Waals surface area contributed by atoms with Gasteiger partial charge in [-0.2, -0.15) is 13.2 Å². The number of furan rings is 1. The number of anilines is 1. The topological polar surface area (TPSA) is 84.4 Å². The van der Waals surface area contributed by atoms with E-state index in [4.69, 9.17) is 4.42 Å². The van der Waals surface area contributed by atoms with E-state index < -0.39 is 18.0 Å². The molecule has 0 atom stereocenters. The quantitative estimate of drug-likeness (QED) is 0.750. The van der Waals surface area contributed by atoms with Crippen LogP contribution in [-0.2, 0) is 19.3 Å². The summed E-state index contributed by atoms with van der Waals surface area (Å²) < 4.78 is 45.3. The average molecular weight is 366 g/mol. The SMILES string of the molecule is Cc1oc2ccc(N3CCn4c(nnc4C(F)(F)F)C3)cc2c1C(=O)O. The Labute approximate surface area is 144 Å². The molecule has 0 radical (unpaired) electrons. The lowest BCUT2D eigenvalue weighted by Gasteiger charge is -2.29. The fourth-order valence-electron chi connectivity index (χ4n) is 3.26. The largest absolute Gasteiger partial charge is 0.478 e. The third kappa shape index (κ3) is 2.49. The Balaban J connectivity index is 1.70. The van der Waals surface area contributed by atoms with Gasteiger partial charge >= 0.3 is 12.1 Å². The second kappa shape index (κ2) is 5.48. The van der Waals surface area contributed by atoms with Gasteiger partial charge in [-0.1, -0.05) is 0 Å². The Morgan fingerprint density at radius 3 is 2.73 bits per heavy atom. The number of halogens is 3. The van der Waals surface area contributed by atoms with E-state index in [1.54, 1.807) is 25.1 Å². The molecule has 1 aromatic carbocycles. The number of carbonyl (C=O) groups is 1. The number of hydrogen-bond acceptors (Lipinski definition) is 5. The third-order valence-corrected chi connectivity index (χ3v) is 4.43. The molecule has 0 amide bonds. The molecule has 0 unspecified atom stereocenters. The van der Waals surface area contributed by atoms with Gasteiger partial charge in [0.05, 0.1) is 6.54 Å². The van der Waals surface area contributed by atoms with Crippen molar-refractivity contribution in [3.05, 3.63) is 41.2 Å². The van der Waals surface area contributed by atoms with Crippen LogP contribution in [-0.4, -0.2) is 32.4 Å². The van der Waals surface area contributed by atoms with Crippen molar-refractivity contribution in [3.8, 4) is 0 Å². The van der Waals surface area contributed by atoms with Gasteiger partial charge in [0.2, 0.25) is 5.82 Å². The zero-order valence-electron chi connectivity index (χ0n) is 13.5. The molecule has 136 valence electrons. The van der Waals surface area contributed by atoms with E-state index in [1.165, 1.54) is 0 Å². The summed E-state index contributed by atoms with van der Waals surface area (Å²) in [5.74, 6) is -1.57. The maximum atomic E-state index is 12.9. The molecule has 1 aliphatic rings. The third-order valence-electron chi connectivity index (χ3n) is 4.43. The van der Waals surface area contributed by atoms with Gasteiger partial charge in [0, 0.05) is 24.2 Å². The summed E-state index contributed by atoms with van der Waals surface area (Å²) in [5.41, 5.74) is 1.22. The Hall–Kier alpha value is -3.04. The summed E-state index contributed by atoms with van der Waals surface area (Å²) in [6, 6.07) is 5.07. The number of fused-ring (bicyclic) bond motifs is 2. The number of benzene rings is 1. The van der Waals surface area contributed by atoms with Gasteiger partial charge in [-0.25, -0.2) is 4.79 Å². The summed E-state index contributed by atoms with van der Waals surface area (Å²) in [5, 5.41) is 16.7. The Morgan fingerprint density at radius 2 is 2.04 bits per heavy atom. The normalized spacial score (nSPS) is 14.7. The zero-order valence-corrected chi connectivity index (χ0v) is 13.5. The van der Waals surface area contributed by atoms with Crippen LogP contribution < -0.4 is 4.90 Å². The van der Waals surface area contributed by atoms with E-state index in [9.17, 15) is 23.1 Å². The number of hydrogen-bond donors (Lipinski definition) is 1. The van der Waals surface area contributed by atoms with Crippen molar-refractivity contribution in [1.29, 1.82) is 0 Å². The van der Waals surface area contributed by atoms with Crippen LogP contribution in [0.15, 0.2) is 22.6 Å². The van der Waals surface area contributed by atoms with Gasteiger partial charge in [0.25, 0.3) is 0 Å². The van der Waals surface area contributed by atoms with Gasteiger partial charge in [-0.05, 0) is 25.1 Å². The maximum Gasteiger partial charge on any atom is 0.451 e. The van der Waals surface area contributed by atoms with Gasteiger partial charge in [0.15, 0.2) is 5.82 Å². The minimum absolute atomic E-state index is 0.0846. The number of carboxylic acids is 1. The van der Waals surface area contributed by atoms with E-state index in [0.29, 0.717) is 29.0 Å². The molecular formula is C16H13F3N4O3. The number of nitrogens with zero attached hydrogens (tertiary/aromatic N) is 4. The highest BCUT2D eigenvalue weighted by Crippen LogP contribution is 2.33. The lowest BCUT2D eigenvalue weighted by molar-refractivity contribution is -0.147. The highest BCUT2D eigenvalue weighted by molar-refractivity contribution is 6.04. The smallest absolute Gasteiger partial charge is 0.451 e. The van der Waals surface area contributed by atoms with Gasteiger partial charge in [-0.15, -0.1) is 10.2 Å². The summed E-state index contributed by atoms with van der Waals surface area (Å²) in [4.78, 5) is 13.3. The van der Waals surface area contributed by atoms with Crippen LogP contribution in [0.2, 0.25) is 0 Å². The first-order valence-electron chi connectivity index (χ1n) is 7.76. The Morgan fingerprint density at radius 1 is 1.27 bits per heavy atom. The molecule has 0 bridgehead atoms. The van der Waals surface area contributed by atoms with Crippen LogP contribution in [0.1, 0.15) is 27.8 Å². The highest BCUT2D eigenvalue weighted by Gasteiger charge is 2.39. The van der Waals surface area contributed by atoms with Crippen molar-refractivity contribution in [1.82, 2.24) is 14.8 Å². The molecule has 0 saturated heterocycles. The van der Waals surface area contributed by atoms with E-state index in [-0.39, 0.29) is 24.5 Å². The molecule has 0 spiro atoms. The Bertz CT molecular complexity index is 1020. The van der Waals surface area contributed by atoms with Crippen LogP contribution in [0.4, 0.5) is 18.9 Å². The predicted molar refractivity (Wildman–Crippen MR) is 84.0 cm³/mol. The molecule has 4 rings (SSSR count). The number of aromatic nitrogens is 3. The summed E-state index contributed by atoms with van der Waals surface area (Å²) in [7, 11) is 0. The lowest BCUT2D eigenvalue weighted by atomic mass is 10.1. The molecule has 26 heavy (non-hydrogen) atoms. The molecule has 0 saturated carbocycles. The monoisotopic (exact) mass is 366 g/mol. The molecule has 10 heteroatoms. The predicted octanol–water partition coefficient (Wildman–Crippen LogP) is 3.07. The highest BCUT2D eigenvalue weighted by atomic mass is 19.4. The summed E-state index contributed by atoms with van der Waals surface area (Å²) >= 11 is 0. The molecule has 1 aliphatic heterocycles. The van der Waals surface area contributed by atoms with Crippen LogP contribution in [0.3, 0.4) is 0 Å². The first-order chi connectivity index (χ1) is 12.3. The van der Waals surface area contributed by atoms with Crippen LogP contribution in [0, 0.1) is 6.92 Å². The fraction of sp³-hybridized carbons (Fsp3) is 0.312. The molecule has 0 fully saturated rings. The Kier molecular flexibility index (Phi) is 3.46. The van der Waals surface area contributed by atoms with Crippen molar-refractivity contribution in [2.75, 3.05) is 11.4 Å². The molecule has 2 aromatic heterocycles. The van der Waals surface area contributed by atoms with Crippen LogP contribution in [0.5, 0.6) is 0 Å². The second-order valence-corrected chi connectivity index (χ2v) is 6.03. The first-order valence-corrected chi connectivity index (χ1v) is 7.76. The van der Waals surface area contributed by atoms with Gasteiger partial charge in [0.1, 0.15) is 16.9 Å².